The van der Waals surface area contributed by atoms with Crippen LogP contribution in [-0.2, 0) is 10.8 Å². The molecule has 0 heterocycles. The van der Waals surface area contributed by atoms with Gasteiger partial charge in [-0.05, 0) is 25.8 Å². The van der Waals surface area contributed by atoms with E-state index in [1.54, 1.807) is 0 Å². The first-order valence-corrected chi connectivity index (χ1v) is 5.45. The fourth-order valence-corrected chi connectivity index (χ4v) is 2.64. The second-order valence-electron chi connectivity index (χ2n) is 2.79. The van der Waals surface area contributed by atoms with Gasteiger partial charge in [0.2, 0.25) is 0 Å². The second kappa shape index (κ2) is 4.67. The Morgan fingerprint density at radius 3 is 2.64 bits per heavy atom. The highest BCUT2D eigenvalue weighted by atomic mass is 32.2. The van der Waals surface area contributed by atoms with Gasteiger partial charge in [0, 0.05) is 21.8 Å². The van der Waals surface area contributed by atoms with Gasteiger partial charge in [0.05, 0.1) is 0 Å². The lowest BCUT2D eigenvalue weighted by Crippen LogP contribution is -2.16. The Morgan fingerprint density at radius 2 is 2.09 bits per heavy atom. The van der Waals surface area contributed by atoms with Crippen LogP contribution in [-0.4, -0.2) is 21.8 Å². The SMILES string of the molecule is NCCCS(=O)C1CC=CC1. The molecule has 0 amide bonds. The van der Waals surface area contributed by atoms with E-state index in [0.29, 0.717) is 11.8 Å². The van der Waals surface area contributed by atoms with Crippen molar-refractivity contribution >= 4 is 10.8 Å². The summed E-state index contributed by atoms with van der Waals surface area (Å²) in [7, 11) is -0.638. The van der Waals surface area contributed by atoms with Crippen molar-refractivity contribution in [3.8, 4) is 0 Å². The van der Waals surface area contributed by atoms with E-state index in [0.717, 1.165) is 25.0 Å². The third-order valence-electron chi connectivity index (χ3n) is 1.89. The van der Waals surface area contributed by atoms with Gasteiger partial charge in [-0.3, -0.25) is 4.21 Å². The molecule has 0 spiro atoms. The number of allylic oxidation sites excluding steroid dienone is 2. The van der Waals surface area contributed by atoms with Crippen molar-refractivity contribution in [2.45, 2.75) is 24.5 Å². The molecule has 0 aromatic heterocycles. The van der Waals surface area contributed by atoms with Crippen LogP contribution >= 0.6 is 0 Å². The lowest BCUT2D eigenvalue weighted by molar-refractivity contribution is 0.669. The molecule has 0 saturated carbocycles. The third-order valence-corrected chi connectivity index (χ3v) is 3.71. The summed E-state index contributed by atoms with van der Waals surface area (Å²) in [6.45, 7) is 0.659. The van der Waals surface area contributed by atoms with E-state index in [9.17, 15) is 4.21 Å². The zero-order valence-electron chi connectivity index (χ0n) is 6.66. The summed E-state index contributed by atoms with van der Waals surface area (Å²) in [5, 5.41) is 0.390. The molecule has 0 fully saturated rings. The molecule has 1 aliphatic carbocycles. The summed E-state index contributed by atoms with van der Waals surface area (Å²) in [4.78, 5) is 0. The Bertz CT molecular complexity index is 159. The van der Waals surface area contributed by atoms with Crippen LogP contribution in [0.5, 0.6) is 0 Å². The number of nitrogens with two attached hydrogens (primary N) is 1. The predicted octanol–water partition coefficient (Wildman–Crippen LogP) is 0.802. The molecule has 0 saturated heterocycles. The predicted molar refractivity (Wildman–Crippen MR) is 48.8 cm³/mol. The van der Waals surface area contributed by atoms with E-state index >= 15 is 0 Å². The molecule has 0 aromatic rings. The smallest absolute Gasteiger partial charge is 0.0416 e. The first-order chi connectivity index (χ1) is 5.34. The first kappa shape index (κ1) is 8.94. The molecule has 1 atom stereocenters. The molecule has 2 N–H and O–H groups in total. The maximum absolute atomic E-state index is 11.4. The average Bonchev–Trinajstić information content (AvgIpc) is 2.52. The maximum Gasteiger partial charge on any atom is 0.0416 e. The molecule has 1 aliphatic rings. The Labute approximate surface area is 70.3 Å². The highest BCUT2D eigenvalue weighted by Gasteiger charge is 2.16. The lowest BCUT2D eigenvalue weighted by atomic mass is 10.3. The van der Waals surface area contributed by atoms with Crippen molar-refractivity contribution in [3.63, 3.8) is 0 Å². The van der Waals surface area contributed by atoms with Crippen LogP contribution in [0.15, 0.2) is 12.2 Å². The Kier molecular flexibility index (Phi) is 3.80. The van der Waals surface area contributed by atoms with Crippen molar-refractivity contribution < 1.29 is 4.21 Å². The van der Waals surface area contributed by atoms with Crippen LogP contribution in [0.2, 0.25) is 0 Å². The van der Waals surface area contributed by atoms with Crippen LogP contribution < -0.4 is 5.73 Å². The van der Waals surface area contributed by atoms with Gasteiger partial charge in [0.1, 0.15) is 0 Å². The van der Waals surface area contributed by atoms with E-state index in [2.05, 4.69) is 12.2 Å². The van der Waals surface area contributed by atoms with Crippen molar-refractivity contribution in [1.82, 2.24) is 0 Å². The molecular weight excluding hydrogens is 158 g/mol. The van der Waals surface area contributed by atoms with Gasteiger partial charge in [-0.2, -0.15) is 0 Å². The molecule has 3 heteroatoms. The van der Waals surface area contributed by atoms with E-state index in [-0.39, 0.29) is 0 Å². The molecular formula is C8H15NOS. The van der Waals surface area contributed by atoms with Crippen molar-refractivity contribution in [3.05, 3.63) is 12.2 Å². The van der Waals surface area contributed by atoms with Gasteiger partial charge < -0.3 is 5.73 Å². The minimum absolute atomic E-state index is 0.390. The highest BCUT2D eigenvalue weighted by molar-refractivity contribution is 7.85. The van der Waals surface area contributed by atoms with Crippen LogP contribution in [0, 0.1) is 0 Å². The standard InChI is InChI=1S/C8H15NOS/c9-6-3-7-11(10)8-4-1-2-5-8/h1-2,8H,3-7,9H2. The Hall–Kier alpha value is -0.150. The largest absolute Gasteiger partial charge is 0.330 e. The van der Waals surface area contributed by atoms with Gasteiger partial charge in [-0.15, -0.1) is 0 Å². The van der Waals surface area contributed by atoms with E-state index in [4.69, 9.17) is 5.73 Å². The van der Waals surface area contributed by atoms with E-state index in [1.807, 2.05) is 0 Å². The summed E-state index contributed by atoms with van der Waals surface area (Å²) in [6, 6.07) is 0. The molecule has 64 valence electrons. The number of hydrogen-bond donors (Lipinski definition) is 1. The topological polar surface area (TPSA) is 43.1 Å². The fraction of sp³-hybridized carbons (Fsp3) is 0.750. The van der Waals surface area contributed by atoms with Crippen molar-refractivity contribution in [2.24, 2.45) is 5.73 Å². The van der Waals surface area contributed by atoms with E-state index in [1.165, 1.54) is 0 Å². The molecule has 1 rings (SSSR count). The van der Waals surface area contributed by atoms with Crippen LogP contribution in [0.4, 0.5) is 0 Å². The summed E-state index contributed by atoms with van der Waals surface area (Å²) in [5.74, 6) is 0.781. The van der Waals surface area contributed by atoms with E-state index < -0.39 is 10.8 Å². The molecule has 0 radical (unpaired) electrons. The second-order valence-corrected chi connectivity index (χ2v) is 4.63. The lowest BCUT2D eigenvalue weighted by Gasteiger charge is -2.07. The van der Waals surface area contributed by atoms with Crippen LogP contribution in [0.3, 0.4) is 0 Å². The number of rotatable bonds is 4. The summed E-state index contributed by atoms with van der Waals surface area (Å²) < 4.78 is 11.4. The summed E-state index contributed by atoms with van der Waals surface area (Å²) in [5.41, 5.74) is 5.33. The van der Waals surface area contributed by atoms with Crippen LogP contribution in [0.25, 0.3) is 0 Å². The summed E-state index contributed by atoms with van der Waals surface area (Å²) in [6.07, 6.45) is 7.12. The van der Waals surface area contributed by atoms with Crippen molar-refractivity contribution in [1.29, 1.82) is 0 Å². The molecule has 0 aliphatic heterocycles. The maximum atomic E-state index is 11.4. The van der Waals surface area contributed by atoms with Crippen molar-refractivity contribution in [2.75, 3.05) is 12.3 Å². The minimum atomic E-state index is -0.638. The molecule has 0 bridgehead atoms. The minimum Gasteiger partial charge on any atom is -0.330 e. The summed E-state index contributed by atoms with van der Waals surface area (Å²) >= 11 is 0. The average molecular weight is 173 g/mol. The fourth-order valence-electron chi connectivity index (χ4n) is 1.20. The van der Waals surface area contributed by atoms with Gasteiger partial charge in [-0.1, -0.05) is 12.2 Å². The zero-order chi connectivity index (χ0) is 8.10. The highest BCUT2D eigenvalue weighted by Crippen LogP contribution is 2.16. The quantitative estimate of drug-likeness (QED) is 0.639. The molecule has 0 aromatic carbocycles. The Morgan fingerprint density at radius 1 is 1.45 bits per heavy atom. The molecule has 1 unspecified atom stereocenters. The Balaban J connectivity index is 2.19. The zero-order valence-corrected chi connectivity index (χ0v) is 7.48. The number of hydrogen-bond acceptors (Lipinski definition) is 2. The van der Waals surface area contributed by atoms with Gasteiger partial charge in [-0.25, -0.2) is 0 Å². The third kappa shape index (κ3) is 2.75. The van der Waals surface area contributed by atoms with Gasteiger partial charge in [0.25, 0.3) is 0 Å². The molecule has 11 heavy (non-hydrogen) atoms. The molecule has 2 nitrogen and oxygen atoms in total. The van der Waals surface area contributed by atoms with Gasteiger partial charge in [0.15, 0.2) is 0 Å². The first-order valence-electron chi connectivity index (χ1n) is 4.07. The normalized spacial score (nSPS) is 20.8. The van der Waals surface area contributed by atoms with Crippen LogP contribution in [0.1, 0.15) is 19.3 Å². The monoisotopic (exact) mass is 173 g/mol. The van der Waals surface area contributed by atoms with Gasteiger partial charge >= 0.3 is 0 Å².